The maximum atomic E-state index is 12.6. The molecule has 0 saturated carbocycles. The van der Waals surface area contributed by atoms with E-state index in [2.05, 4.69) is 26.6 Å². The molecule has 0 aliphatic carbocycles. The molecule has 3 rings (SSSR count). The Labute approximate surface area is 175 Å². The standard InChI is InChI=1S/C20H20BrN3O5/c1-2-24-15-8-5-12(21)9-14(15)17(20(24)29)23-19(28)18(27)22-10-16(26)11-3-6-13(25)7-4-11/h3-9,16-17,25-26H,2,10H2,1H3,(H,22,27)(H,23,28). The molecule has 0 spiro atoms. The Balaban J connectivity index is 1.64. The molecule has 2 unspecified atom stereocenters. The van der Waals surface area contributed by atoms with Gasteiger partial charge in [0.15, 0.2) is 0 Å². The lowest BCUT2D eigenvalue weighted by molar-refractivity contribution is -0.140. The van der Waals surface area contributed by atoms with E-state index in [1.165, 1.54) is 24.3 Å². The third kappa shape index (κ3) is 4.41. The first kappa shape index (κ1) is 20.8. The summed E-state index contributed by atoms with van der Waals surface area (Å²) in [4.78, 5) is 38.6. The van der Waals surface area contributed by atoms with Crippen molar-refractivity contribution in [3.63, 3.8) is 0 Å². The highest BCUT2D eigenvalue weighted by atomic mass is 79.9. The number of carbonyl (C=O) groups is 3. The fourth-order valence-electron chi connectivity index (χ4n) is 3.16. The number of halogens is 1. The lowest BCUT2D eigenvalue weighted by Gasteiger charge is -2.16. The predicted octanol–water partition coefficient (Wildman–Crippen LogP) is 1.53. The third-order valence-electron chi connectivity index (χ3n) is 4.64. The summed E-state index contributed by atoms with van der Waals surface area (Å²) in [6, 6.07) is 10.2. The molecule has 1 aliphatic rings. The molecule has 8 nitrogen and oxygen atoms in total. The van der Waals surface area contributed by atoms with E-state index in [0.29, 0.717) is 23.4 Å². The highest BCUT2D eigenvalue weighted by molar-refractivity contribution is 9.10. The molecular weight excluding hydrogens is 442 g/mol. The van der Waals surface area contributed by atoms with E-state index in [1.54, 1.807) is 23.1 Å². The summed E-state index contributed by atoms with van der Waals surface area (Å²) in [6.07, 6.45) is -1.05. The second-order valence-corrected chi connectivity index (χ2v) is 7.43. The molecule has 152 valence electrons. The molecule has 0 radical (unpaired) electrons. The fourth-order valence-corrected chi connectivity index (χ4v) is 3.54. The Morgan fingerprint density at radius 2 is 1.86 bits per heavy atom. The lowest BCUT2D eigenvalue weighted by atomic mass is 10.1. The Morgan fingerprint density at radius 3 is 2.52 bits per heavy atom. The summed E-state index contributed by atoms with van der Waals surface area (Å²) < 4.78 is 0.753. The van der Waals surface area contributed by atoms with Gasteiger partial charge in [0.25, 0.3) is 5.91 Å². The average Bonchev–Trinajstić information content (AvgIpc) is 2.96. The van der Waals surface area contributed by atoms with Crippen molar-refractivity contribution < 1.29 is 24.6 Å². The molecule has 4 N–H and O–H groups in total. The molecule has 2 atom stereocenters. The number of phenolic OH excluding ortho intramolecular Hbond substituents is 1. The minimum absolute atomic E-state index is 0.0543. The van der Waals surface area contributed by atoms with E-state index < -0.39 is 24.0 Å². The summed E-state index contributed by atoms with van der Waals surface area (Å²) in [7, 11) is 0. The van der Waals surface area contributed by atoms with Crippen molar-refractivity contribution in [1.29, 1.82) is 0 Å². The van der Waals surface area contributed by atoms with Gasteiger partial charge in [0, 0.05) is 28.8 Å². The molecule has 0 aromatic heterocycles. The number of phenols is 1. The van der Waals surface area contributed by atoms with Crippen molar-refractivity contribution >= 4 is 39.3 Å². The number of amides is 3. The lowest BCUT2D eigenvalue weighted by Crippen LogP contribution is -2.45. The van der Waals surface area contributed by atoms with Crippen LogP contribution in [0.2, 0.25) is 0 Å². The number of anilines is 1. The minimum atomic E-state index is -1.05. The maximum Gasteiger partial charge on any atom is 0.310 e. The Hall–Kier alpha value is -2.91. The molecule has 0 bridgehead atoms. The van der Waals surface area contributed by atoms with E-state index in [-0.39, 0.29) is 18.2 Å². The molecule has 9 heteroatoms. The molecule has 29 heavy (non-hydrogen) atoms. The van der Waals surface area contributed by atoms with Crippen LogP contribution in [0.4, 0.5) is 5.69 Å². The number of likely N-dealkylation sites (N-methyl/N-ethyl adjacent to an activating group) is 1. The van der Waals surface area contributed by atoms with Crippen molar-refractivity contribution in [3.8, 4) is 5.75 Å². The van der Waals surface area contributed by atoms with Gasteiger partial charge >= 0.3 is 11.8 Å². The van der Waals surface area contributed by atoms with E-state index in [1.807, 2.05) is 6.92 Å². The molecule has 0 saturated heterocycles. The second-order valence-electron chi connectivity index (χ2n) is 6.51. The zero-order valence-corrected chi connectivity index (χ0v) is 17.1. The largest absolute Gasteiger partial charge is 0.508 e. The minimum Gasteiger partial charge on any atom is -0.508 e. The molecule has 0 fully saturated rings. The van der Waals surface area contributed by atoms with Crippen LogP contribution in [-0.4, -0.2) is 41.0 Å². The molecule has 1 heterocycles. The van der Waals surface area contributed by atoms with E-state index in [4.69, 9.17) is 0 Å². The topological polar surface area (TPSA) is 119 Å². The second kappa shape index (κ2) is 8.62. The zero-order valence-electron chi connectivity index (χ0n) is 15.6. The van der Waals surface area contributed by atoms with Crippen LogP contribution in [0, 0.1) is 0 Å². The zero-order chi connectivity index (χ0) is 21.1. The predicted molar refractivity (Wildman–Crippen MR) is 109 cm³/mol. The maximum absolute atomic E-state index is 12.6. The summed E-state index contributed by atoms with van der Waals surface area (Å²) in [5.74, 6) is -2.18. The number of aliphatic hydroxyl groups is 1. The number of aromatic hydroxyl groups is 1. The Kier molecular flexibility index (Phi) is 6.19. The van der Waals surface area contributed by atoms with Gasteiger partial charge in [-0.1, -0.05) is 28.1 Å². The highest BCUT2D eigenvalue weighted by Gasteiger charge is 2.38. The first-order chi connectivity index (χ1) is 13.8. The van der Waals surface area contributed by atoms with Crippen molar-refractivity contribution in [2.24, 2.45) is 0 Å². The number of carbonyl (C=O) groups excluding carboxylic acids is 3. The van der Waals surface area contributed by atoms with E-state index >= 15 is 0 Å². The Morgan fingerprint density at radius 1 is 1.17 bits per heavy atom. The summed E-state index contributed by atoms with van der Waals surface area (Å²) in [5.41, 5.74) is 1.78. The monoisotopic (exact) mass is 461 g/mol. The van der Waals surface area contributed by atoms with Gasteiger partial charge in [-0.3, -0.25) is 14.4 Å². The van der Waals surface area contributed by atoms with Gasteiger partial charge in [-0.05, 0) is 42.8 Å². The van der Waals surface area contributed by atoms with Crippen LogP contribution >= 0.6 is 15.9 Å². The number of aliphatic hydroxyl groups excluding tert-OH is 1. The quantitative estimate of drug-likeness (QED) is 0.503. The van der Waals surface area contributed by atoms with Crippen LogP contribution in [0.15, 0.2) is 46.9 Å². The van der Waals surface area contributed by atoms with Gasteiger partial charge in [0.2, 0.25) is 0 Å². The first-order valence-corrected chi connectivity index (χ1v) is 9.77. The van der Waals surface area contributed by atoms with Gasteiger partial charge < -0.3 is 25.7 Å². The van der Waals surface area contributed by atoms with Crippen LogP contribution in [-0.2, 0) is 14.4 Å². The van der Waals surface area contributed by atoms with Crippen LogP contribution in [0.3, 0.4) is 0 Å². The molecule has 2 aromatic carbocycles. The van der Waals surface area contributed by atoms with Gasteiger partial charge in [-0.25, -0.2) is 0 Å². The summed E-state index contributed by atoms with van der Waals surface area (Å²) >= 11 is 3.35. The number of nitrogens with one attached hydrogen (secondary N) is 2. The molecule has 2 aromatic rings. The summed E-state index contributed by atoms with van der Waals surface area (Å²) in [5, 5.41) is 24.2. The van der Waals surface area contributed by atoms with Crippen molar-refractivity contribution in [3.05, 3.63) is 58.1 Å². The van der Waals surface area contributed by atoms with Crippen molar-refractivity contribution in [1.82, 2.24) is 10.6 Å². The number of fused-ring (bicyclic) bond motifs is 1. The van der Waals surface area contributed by atoms with Crippen LogP contribution in [0.25, 0.3) is 0 Å². The Bertz CT molecular complexity index is 948. The summed E-state index contributed by atoms with van der Waals surface area (Å²) in [6.45, 7) is 2.06. The highest BCUT2D eigenvalue weighted by Crippen LogP contribution is 2.37. The molecule has 1 aliphatic heterocycles. The number of nitrogens with zero attached hydrogens (tertiary/aromatic N) is 1. The van der Waals surface area contributed by atoms with Crippen LogP contribution in [0.5, 0.6) is 5.75 Å². The van der Waals surface area contributed by atoms with E-state index in [9.17, 15) is 24.6 Å². The van der Waals surface area contributed by atoms with Crippen molar-refractivity contribution in [2.75, 3.05) is 18.0 Å². The number of benzene rings is 2. The van der Waals surface area contributed by atoms with Crippen LogP contribution in [0.1, 0.15) is 30.2 Å². The average molecular weight is 462 g/mol. The molecule has 3 amide bonds. The van der Waals surface area contributed by atoms with Gasteiger partial charge in [0.05, 0.1) is 6.10 Å². The number of rotatable bonds is 5. The SMILES string of the molecule is CCN1C(=O)C(NC(=O)C(=O)NCC(O)c2ccc(O)cc2)c2cc(Br)ccc21. The number of hydrogen-bond acceptors (Lipinski definition) is 5. The van der Waals surface area contributed by atoms with E-state index in [0.717, 1.165) is 4.47 Å². The van der Waals surface area contributed by atoms with Crippen LogP contribution < -0.4 is 15.5 Å². The van der Waals surface area contributed by atoms with Gasteiger partial charge in [-0.2, -0.15) is 0 Å². The first-order valence-electron chi connectivity index (χ1n) is 8.98. The fraction of sp³-hybridized carbons (Fsp3) is 0.250. The molecular formula is C20H20BrN3O5. The van der Waals surface area contributed by atoms with Gasteiger partial charge in [-0.15, -0.1) is 0 Å². The van der Waals surface area contributed by atoms with Crippen molar-refractivity contribution in [2.45, 2.75) is 19.1 Å². The third-order valence-corrected chi connectivity index (χ3v) is 5.13. The number of hydrogen-bond donors (Lipinski definition) is 4. The smallest absolute Gasteiger partial charge is 0.310 e. The van der Waals surface area contributed by atoms with Gasteiger partial charge in [0.1, 0.15) is 11.8 Å². The normalized spacial score (nSPS) is 16.3.